The first kappa shape index (κ1) is 14.8. The van der Waals surface area contributed by atoms with Crippen LogP contribution in [0.3, 0.4) is 0 Å². The number of carbonyl (C=O) groups excluding carboxylic acids is 1. The third-order valence-corrected chi connectivity index (χ3v) is 3.60. The minimum absolute atomic E-state index is 0.0475. The second kappa shape index (κ2) is 7.97. The zero-order chi connectivity index (χ0) is 13.4. The topological polar surface area (TPSA) is 55.1 Å². The first-order valence-corrected chi connectivity index (χ1v) is 7.21. The fourth-order valence-corrected chi connectivity index (χ4v) is 2.27. The fraction of sp³-hybridized carbons (Fsp3) is 0.462. The quantitative estimate of drug-likeness (QED) is 0.590. The molecule has 1 amide bonds. The van der Waals surface area contributed by atoms with E-state index in [0.717, 1.165) is 24.3 Å². The number of rotatable bonds is 7. The maximum Gasteiger partial charge on any atom is 0.224 e. The highest BCUT2D eigenvalue weighted by molar-refractivity contribution is 7.99. The molecule has 0 bridgehead atoms. The van der Waals surface area contributed by atoms with Crippen molar-refractivity contribution >= 4 is 29.0 Å². The van der Waals surface area contributed by atoms with Crippen LogP contribution in [0.4, 0.5) is 15.8 Å². The minimum Gasteiger partial charge on any atom is -0.396 e. The molecule has 100 valence electrons. The van der Waals surface area contributed by atoms with Crippen molar-refractivity contribution in [2.45, 2.75) is 26.2 Å². The van der Waals surface area contributed by atoms with Gasteiger partial charge in [-0.3, -0.25) is 4.79 Å². The molecule has 0 aliphatic rings. The smallest absolute Gasteiger partial charge is 0.224 e. The van der Waals surface area contributed by atoms with Gasteiger partial charge in [0.05, 0.1) is 5.69 Å². The summed E-state index contributed by atoms with van der Waals surface area (Å²) >= 11 is 1.86. The summed E-state index contributed by atoms with van der Waals surface area (Å²) in [4.78, 5) is 11.6. The van der Waals surface area contributed by atoms with Gasteiger partial charge in [0.1, 0.15) is 5.82 Å². The molecule has 1 aromatic rings. The molecule has 1 rings (SSSR count). The number of anilines is 2. The Balaban J connectivity index is 2.29. The second-order valence-electron chi connectivity index (χ2n) is 4.00. The lowest BCUT2D eigenvalue weighted by Gasteiger charge is -2.06. The van der Waals surface area contributed by atoms with Gasteiger partial charge < -0.3 is 11.1 Å². The van der Waals surface area contributed by atoms with Crippen molar-refractivity contribution in [1.82, 2.24) is 0 Å². The van der Waals surface area contributed by atoms with Gasteiger partial charge >= 0.3 is 0 Å². The molecule has 0 saturated carbocycles. The number of thioether (sulfide) groups is 1. The Hall–Kier alpha value is -1.23. The normalized spacial score (nSPS) is 10.3. The Bertz CT molecular complexity index is 399. The van der Waals surface area contributed by atoms with Gasteiger partial charge in [0.2, 0.25) is 5.91 Å². The summed E-state index contributed by atoms with van der Waals surface area (Å²) in [6.45, 7) is 2.14. The predicted octanol–water partition coefficient (Wildman–Crippen LogP) is 3.27. The van der Waals surface area contributed by atoms with Crippen molar-refractivity contribution in [3.63, 3.8) is 0 Å². The number of hydrogen-bond donors (Lipinski definition) is 2. The summed E-state index contributed by atoms with van der Waals surface area (Å²) in [5, 5.41) is 2.71. The van der Waals surface area contributed by atoms with Gasteiger partial charge in [-0.05, 0) is 42.5 Å². The molecular formula is C13H19FN2OS. The van der Waals surface area contributed by atoms with Crippen LogP contribution in [-0.4, -0.2) is 17.4 Å². The SMILES string of the molecule is CCCSCCCC(=O)Nc1ccc(F)c(N)c1. The molecule has 0 unspecified atom stereocenters. The average molecular weight is 270 g/mol. The van der Waals surface area contributed by atoms with E-state index in [4.69, 9.17) is 5.73 Å². The van der Waals surface area contributed by atoms with E-state index in [9.17, 15) is 9.18 Å². The molecule has 1 aromatic carbocycles. The highest BCUT2D eigenvalue weighted by atomic mass is 32.2. The zero-order valence-electron chi connectivity index (χ0n) is 10.5. The monoisotopic (exact) mass is 270 g/mol. The molecule has 0 aliphatic heterocycles. The number of nitrogens with one attached hydrogen (secondary N) is 1. The van der Waals surface area contributed by atoms with Gasteiger partial charge in [-0.25, -0.2) is 4.39 Å². The third-order valence-electron chi connectivity index (χ3n) is 2.32. The first-order chi connectivity index (χ1) is 8.63. The predicted molar refractivity (Wildman–Crippen MR) is 76.3 cm³/mol. The van der Waals surface area contributed by atoms with Crippen molar-refractivity contribution in [3.8, 4) is 0 Å². The molecule has 0 aromatic heterocycles. The maximum atomic E-state index is 12.9. The summed E-state index contributed by atoms with van der Waals surface area (Å²) < 4.78 is 12.9. The van der Waals surface area contributed by atoms with E-state index in [2.05, 4.69) is 12.2 Å². The molecule has 0 fully saturated rings. The van der Waals surface area contributed by atoms with E-state index in [-0.39, 0.29) is 11.6 Å². The van der Waals surface area contributed by atoms with Gasteiger partial charge in [0, 0.05) is 12.1 Å². The van der Waals surface area contributed by atoms with Gasteiger partial charge in [-0.2, -0.15) is 11.8 Å². The van der Waals surface area contributed by atoms with Crippen molar-refractivity contribution in [2.75, 3.05) is 22.6 Å². The molecule has 3 nitrogen and oxygen atoms in total. The Morgan fingerprint density at radius 2 is 2.22 bits per heavy atom. The lowest BCUT2D eigenvalue weighted by molar-refractivity contribution is -0.116. The number of amides is 1. The maximum absolute atomic E-state index is 12.9. The summed E-state index contributed by atoms with van der Waals surface area (Å²) in [6, 6.07) is 4.19. The van der Waals surface area contributed by atoms with Crippen molar-refractivity contribution in [2.24, 2.45) is 0 Å². The molecule has 0 aliphatic carbocycles. The summed E-state index contributed by atoms with van der Waals surface area (Å²) in [6.07, 6.45) is 2.49. The second-order valence-corrected chi connectivity index (χ2v) is 5.23. The van der Waals surface area contributed by atoms with Crippen LogP contribution in [0.1, 0.15) is 26.2 Å². The third kappa shape index (κ3) is 5.40. The Kier molecular flexibility index (Phi) is 6.57. The Morgan fingerprint density at radius 1 is 1.44 bits per heavy atom. The molecule has 5 heteroatoms. The first-order valence-electron chi connectivity index (χ1n) is 6.06. The van der Waals surface area contributed by atoms with Crippen molar-refractivity contribution < 1.29 is 9.18 Å². The van der Waals surface area contributed by atoms with Crippen molar-refractivity contribution in [1.29, 1.82) is 0 Å². The summed E-state index contributed by atoms with van der Waals surface area (Å²) in [5.41, 5.74) is 6.01. The van der Waals surface area contributed by atoms with Gasteiger partial charge in [-0.1, -0.05) is 6.92 Å². The van der Waals surface area contributed by atoms with Crippen LogP contribution in [0.15, 0.2) is 18.2 Å². The number of halogens is 1. The molecule has 0 atom stereocenters. The molecular weight excluding hydrogens is 251 g/mol. The van der Waals surface area contributed by atoms with Crippen LogP contribution < -0.4 is 11.1 Å². The summed E-state index contributed by atoms with van der Waals surface area (Å²) in [5.74, 6) is 1.60. The van der Waals surface area contributed by atoms with E-state index in [1.165, 1.54) is 18.2 Å². The number of benzene rings is 1. The fourth-order valence-electron chi connectivity index (χ4n) is 1.43. The highest BCUT2D eigenvalue weighted by Crippen LogP contribution is 2.16. The van der Waals surface area contributed by atoms with Crippen LogP contribution in [-0.2, 0) is 4.79 Å². The Labute approximate surface area is 111 Å². The molecule has 0 radical (unpaired) electrons. The number of hydrogen-bond acceptors (Lipinski definition) is 3. The molecule has 3 N–H and O–H groups in total. The van der Waals surface area contributed by atoms with E-state index >= 15 is 0 Å². The standard InChI is InChI=1S/C13H19FN2OS/c1-2-7-18-8-3-4-13(17)16-10-5-6-11(14)12(15)9-10/h5-6,9H,2-4,7-8,15H2,1H3,(H,16,17). The minimum atomic E-state index is -0.469. The molecule has 0 heterocycles. The zero-order valence-corrected chi connectivity index (χ0v) is 11.4. The lowest BCUT2D eigenvalue weighted by atomic mass is 10.2. The van der Waals surface area contributed by atoms with Crippen LogP contribution in [0.5, 0.6) is 0 Å². The van der Waals surface area contributed by atoms with Gasteiger partial charge in [0.25, 0.3) is 0 Å². The van der Waals surface area contributed by atoms with Crippen molar-refractivity contribution in [3.05, 3.63) is 24.0 Å². The molecule has 0 saturated heterocycles. The highest BCUT2D eigenvalue weighted by Gasteiger charge is 2.04. The van der Waals surface area contributed by atoms with E-state index in [1.807, 2.05) is 11.8 Å². The molecule has 18 heavy (non-hydrogen) atoms. The van der Waals surface area contributed by atoms with Crippen LogP contribution >= 0.6 is 11.8 Å². The van der Waals surface area contributed by atoms with Gasteiger partial charge in [0.15, 0.2) is 0 Å². The van der Waals surface area contributed by atoms with E-state index in [1.54, 1.807) is 0 Å². The number of carbonyl (C=O) groups is 1. The largest absolute Gasteiger partial charge is 0.396 e. The average Bonchev–Trinajstić information content (AvgIpc) is 2.34. The van der Waals surface area contributed by atoms with Crippen LogP contribution in [0, 0.1) is 5.82 Å². The van der Waals surface area contributed by atoms with Crippen LogP contribution in [0.2, 0.25) is 0 Å². The molecule has 0 spiro atoms. The van der Waals surface area contributed by atoms with Crippen LogP contribution in [0.25, 0.3) is 0 Å². The Morgan fingerprint density at radius 3 is 2.89 bits per heavy atom. The van der Waals surface area contributed by atoms with Gasteiger partial charge in [-0.15, -0.1) is 0 Å². The number of nitrogen functional groups attached to an aromatic ring is 1. The van der Waals surface area contributed by atoms with E-state index < -0.39 is 5.82 Å². The lowest BCUT2D eigenvalue weighted by Crippen LogP contribution is -2.11. The van der Waals surface area contributed by atoms with E-state index in [0.29, 0.717) is 12.1 Å². The number of nitrogens with two attached hydrogens (primary N) is 1. The summed E-state index contributed by atoms with van der Waals surface area (Å²) in [7, 11) is 0.